The maximum atomic E-state index is 13.6. The highest BCUT2D eigenvalue weighted by Crippen LogP contribution is 2.47. The summed E-state index contributed by atoms with van der Waals surface area (Å²) in [5.41, 5.74) is 42.8. The number of ketones is 4. The summed E-state index contributed by atoms with van der Waals surface area (Å²) in [5, 5.41) is 5.67. The number of rotatable bonds is 20. The van der Waals surface area contributed by atoms with Crippen LogP contribution in [0.1, 0.15) is 73.2 Å². The summed E-state index contributed by atoms with van der Waals surface area (Å²) in [7, 11) is 0. The Morgan fingerprint density at radius 2 is 0.761 bits per heavy atom. The number of allylic oxidation sites excluding steroid dienone is 5. The Morgan fingerprint density at radius 3 is 1.17 bits per heavy atom. The summed E-state index contributed by atoms with van der Waals surface area (Å²) < 4.78 is 0. The molecule has 13 rings (SSSR count). The van der Waals surface area contributed by atoms with E-state index in [4.69, 9.17) is 32.9 Å². The second-order valence-corrected chi connectivity index (χ2v) is 24.3. The number of fused-ring (bicyclic) bond motifs is 6. The molecule has 0 amide bonds. The Balaban J connectivity index is 0.937. The van der Waals surface area contributed by atoms with Gasteiger partial charge in [0.15, 0.2) is 0 Å². The Labute approximate surface area is 534 Å². The highest BCUT2D eigenvalue weighted by atomic mass is 16.1. The van der Waals surface area contributed by atoms with Crippen molar-refractivity contribution in [3.8, 4) is 0 Å². The minimum atomic E-state index is -0.931. The molecule has 1 unspecified atom stereocenters. The van der Waals surface area contributed by atoms with E-state index in [1.807, 2.05) is 158 Å². The van der Waals surface area contributed by atoms with Crippen LogP contribution in [0.15, 0.2) is 270 Å². The number of nitrogens with one attached hydrogen (secondary N) is 2. The molecule has 4 aliphatic heterocycles. The lowest BCUT2D eigenvalue weighted by Gasteiger charge is -2.36. The summed E-state index contributed by atoms with van der Waals surface area (Å²) in [4.78, 5) is 69.1. The van der Waals surface area contributed by atoms with Crippen molar-refractivity contribution in [1.29, 1.82) is 0 Å². The van der Waals surface area contributed by atoms with Gasteiger partial charge in [0, 0.05) is 107 Å². The van der Waals surface area contributed by atoms with Gasteiger partial charge in [-0.3, -0.25) is 19.2 Å². The molecule has 8 aromatic carbocycles. The van der Waals surface area contributed by atoms with Gasteiger partial charge in [-0.1, -0.05) is 152 Å². The number of benzene rings is 8. The van der Waals surface area contributed by atoms with Crippen LogP contribution in [0.2, 0.25) is 0 Å². The molecule has 0 spiro atoms. The number of aromatic nitrogens is 1. The number of carbonyl (C=O) groups excluding carboxylic acids is 4. The number of hydrogen-bond donors (Lipinski definition) is 6. The Hall–Kier alpha value is -11.5. The minimum absolute atomic E-state index is 0.0717. The van der Waals surface area contributed by atoms with Gasteiger partial charge in [0.2, 0.25) is 0 Å². The molecule has 5 heterocycles. The lowest BCUT2D eigenvalue weighted by molar-refractivity contribution is -0.118. The fourth-order valence-electron chi connectivity index (χ4n) is 12.9. The molecule has 92 heavy (non-hydrogen) atoms. The number of anilines is 4. The van der Waals surface area contributed by atoms with Crippen LogP contribution in [0.25, 0.3) is 16.7 Å². The van der Waals surface area contributed by atoms with Crippen molar-refractivity contribution in [2.24, 2.45) is 9.98 Å². The first kappa shape index (κ1) is 59.5. The van der Waals surface area contributed by atoms with Crippen LogP contribution in [0.3, 0.4) is 0 Å². The first-order valence-corrected chi connectivity index (χ1v) is 31.0. The highest BCUT2D eigenvalue weighted by Gasteiger charge is 2.42. The molecule has 452 valence electrons. The zero-order valence-electron chi connectivity index (χ0n) is 50.8. The standard InChI is InChI=1S/C80H68N8O4/c81-62-9-1-5-54(37-62)45-68(89)41-50-13-21-58(22-14-50)77-72-30-29-66(85-72)49-67-35-36-80(88-67,61-27-19-53(20-28-61)44-71(92)48-57-8-4-12-65(84)40-57)79(60-25-17-52(18-26-60)43-70(91)47-56-7-3-11-64(83)39-56)76-34-33-75(87-76)78(74-32-31-73(77)86-74)59-23-15-51(16-24-59)42-69(90)46-55-6-2-10-63(82)38-55/h1-35,37-40,49,86,88H,36,41-48,81-84H2. The smallest absolute Gasteiger partial charge is 0.141 e. The quantitative estimate of drug-likeness (QED) is 0.0399. The molecular weight excluding hydrogens is 1140 g/mol. The van der Waals surface area contributed by atoms with E-state index in [2.05, 4.69) is 95.3 Å². The molecule has 12 nitrogen and oxygen atoms in total. The van der Waals surface area contributed by atoms with Crippen molar-refractivity contribution < 1.29 is 19.2 Å². The summed E-state index contributed by atoms with van der Waals surface area (Å²) >= 11 is 0. The van der Waals surface area contributed by atoms with E-state index in [9.17, 15) is 19.2 Å². The largest absolute Gasteiger partial charge is 0.399 e. The normalized spacial score (nSPS) is 15.6. The van der Waals surface area contributed by atoms with Gasteiger partial charge < -0.3 is 33.2 Å². The van der Waals surface area contributed by atoms with E-state index in [1.54, 1.807) is 0 Å². The van der Waals surface area contributed by atoms with E-state index in [-0.39, 0.29) is 74.5 Å². The Kier molecular flexibility index (Phi) is 16.7. The third kappa shape index (κ3) is 13.6. The number of aromatic amines is 1. The molecule has 1 atom stereocenters. The fourth-order valence-corrected chi connectivity index (χ4v) is 12.9. The number of hydrogen-bond acceptors (Lipinski definition) is 11. The van der Waals surface area contributed by atoms with Crippen LogP contribution in [0.5, 0.6) is 0 Å². The number of nitrogens with two attached hydrogens (primary N) is 4. The molecule has 0 radical (unpaired) electrons. The monoisotopic (exact) mass is 1200 g/mol. The summed E-state index contributed by atoms with van der Waals surface area (Å²) in [6.07, 6.45) is 15.1. The highest BCUT2D eigenvalue weighted by molar-refractivity contribution is 6.31. The third-order valence-electron chi connectivity index (χ3n) is 17.2. The van der Waals surface area contributed by atoms with E-state index in [0.717, 1.165) is 117 Å². The average Bonchev–Trinajstić information content (AvgIpc) is 1.47. The van der Waals surface area contributed by atoms with E-state index < -0.39 is 5.54 Å². The number of H-pyrrole nitrogens is 1. The van der Waals surface area contributed by atoms with Crippen molar-refractivity contribution in [3.05, 3.63) is 337 Å². The molecule has 4 aliphatic rings. The SMILES string of the molecule is Nc1cccc(CC(=O)Cc2ccc(C3=C4C=CC(=N4)C(c4ccc(CC(=O)Cc5cccc(N)c5)cc4)=c4ccc([nH]4)=C(c4ccc(CC(=O)Cc5cccc(N)c5)cc4)C4=NC(=CC5=CCC3(c3ccc(CC(=O)Cc6cccc(N)c6)cc3)N5)C=C4)cc2)c1. The van der Waals surface area contributed by atoms with E-state index in [0.29, 0.717) is 34.9 Å². The Morgan fingerprint density at radius 1 is 0.391 bits per heavy atom. The van der Waals surface area contributed by atoms with Gasteiger partial charge >= 0.3 is 0 Å². The van der Waals surface area contributed by atoms with Crippen LogP contribution in [0.4, 0.5) is 22.7 Å². The van der Waals surface area contributed by atoms with E-state index >= 15 is 0 Å². The lowest BCUT2D eigenvalue weighted by Crippen LogP contribution is -2.39. The van der Waals surface area contributed by atoms with Gasteiger partial charge in [0.1, 0.15) is 23.1 Å². The fraction of sp³-hybridized carbons (Fsp3) is 0.125. The first-order valence-electron chi connectivity index (χ1n) is 31.0. The topological polar surface area (TPSA) is 225 Å². The molecular formula is C80H68N8O4. The summed E-state index contributed by atoms with van der Waals surface area (Å²) in [6.45, 7) is 0. The number of nitrogens with zero attached hydrogens (tertiary/aromatic N) is 2. The lowest BCUT2D eigenvalue weighted by atomic mass is 9.76. The maximum Gasteiger partial charge on any atom is 0.141 e. The molecule has 10 N–H and O–H groups in total. The predicted molar refractivity (Wildman–Crippen MR) is 370 cm³/mol. The second kappa shape index (κ2) is 25.9. The van der Waals surface area contributed by atoms with Crippen molar-refractivity contribution in [2.45, 2.75) is 63.3 Å². The zero-order valence-corrected chi connectivity index (χ0v) is 50.8. The van der Waals surface area contributed by atoms with Crippen LogP contribution < -0.4 is 38.9 Å². The number of aliphatic imine (C=N–C) groups is 2. The van der Waals surface area contributed by atoms with Gasteiger partial charge in [0.05, 0.1) is 28.4 Å². The molecule has 8 bridgehead atoms. The van der Waals surface area contributed by atoms with E-state index in [1.165, 1.54) is 0 Å². The van der Waals surface area contributed by atoms with Gasteiger partial charge in [0.25, 0.3) is 0 Å². The second-order valence-electron chi connectivity index (χ2n) is 24.3. The van der Waals surface area contributed by atoms with Gasteiger partial charge in [-0.15, -0.1) is 0 Å². The molecule has 0 fully saturated rings. The molecule has 0 saturated heterocycles. The molecule has 12 heteroatoms. The molecule has 0 aliphatic carbocycles. The first-order chi connectivity index (χ1) is 44.7. The Bertz CT molecular complexity index is 4790. The third-order valence-corrected chi connectivity index (χ3v) is 17.2. The summed E-state index contributed by atoms with van der Waals surface area (Å²) in [6, 6.07) is 66.7. The van der Waals surface area contributed by atoms with Crippen LogP contribution in [-0.2, 0) is 76.1 Å². The molecule has 9 aromatic rings. The predicted octanol–water partition coefficient (Wildman–Crippen LogP) is 11.3. The molecule has 1 aromatic heterocycles. The van der Waals surface area contributed by atoms with Crippen LogP contribution in [0, 0.1) is 0 Å². The number of Topliss-reactive ketones (excluding diaryl/α,β-unsaturated/α-hetero) is 4. The van der Waals surface area contributed by atoms with Gasteiger partial charge in [-0.25, -0.2) is 9.98 Å². The van der Waals surface area contributed by atoms with Crippen molar-refractivity contribution in [1.82, 2.24) is 10.3 Å². The summed E-state index contributed by atoms with van der Waals surface area (Å²) in [5.74, 6) is 0.306. The molecule has 0 saturated carbocycles. The average molecular weight is 1210 g/mol. The zero-order chi connectivity index (χ0) is 63.3. The van der Waals surface area contributed by atoms with Crippen molar-refractivity contribution in [2.75, 3.05) is 22.9 Å². The van der Waals surface area contributed by atoms with Crippen molar-refractivity contribution in [3.63, 3.8) is 0 Å². The minimum Gasteiger partial charge on any atom is -0.399 e. The number of nitrogen functional groups attached to an aromatic ring is 4. The van der Waals surface area contributed by atoms with Gasteiger partial charge in [-0.2, -0.15) is 0 Å². The number of carbonyl (C=O) groups is 4. The van der Waals surface area contributed by atoms with Gasteiger partial charge in [-0.05, 0) is 164 Å². The van der Waals surface area contributed by atoms with Crippen LogP contribution in [-0.4, -0.2) is 39.5 Å². The van der Waals surface area contributed by atoms with Crippen molar-refractivity contribution >= 4 is 74.0 Å². The van der Waals surface area contributed by atoms with Crippen LogP contribution >= 0.6 is 0 Å². The maximum absolute atomic E-state index is 13.6.